The Labute approximate surface area is 84.3 Å². The molecule has 3 aliphatic rings. The monoisotopic (exact) mass is 192 g/mol. The van der Waals surface area contributed by atoms with E-state index in [0.717, 1.165) is 19.4 Å². The first-order valence-corrected chi connectivity index (χ1v) is 5.64. The van der Waals surface area contributed by atoms with Crippen LogP contribution in [0.2, 0.25) is 0 Å². The van der Waals surface area contributed by atoms with Crippen molar-refractivity contribution >= 4 is 5.78 Å². The van der Waals surface area contributed by atoms with Gasteiger partial charge in [0.2, 0.25) is 0 Å². The summed E-state index contributed by atoms with van der Waals surface area (Å²) < 4.78 is 5.81. The van der Waals surface area contributed by atoms with Gasteiger partial charge in [-0.15, -0.1) is 0 Å². The number of fused-ring (bicyclic) bond motifs is 3. The van der Waals surface area contributed by atoms with Crippen LogP contribution in [0.3, 0.4) is 0 Å². The molecule has 2 fully saturated rings. The largest absolute Gasteiger partial charge is 0.374 e. The van der Waals surface area contributed by atoms with Gasteiger partial charge in [0.15, 0.2) is 0 Å². The minimum atomic E-state index is 0.316. The van der Waals surface area contributed by atoms with Crippen LogP contribution in [0.1, 0.15) is 25.7 Å². The van der Waals surface area contributed by atoms with Crippen molar-refractivity contribution in [2.24, 2.45) is 17.8 Å². The average molecular weight is 192 g/mol. The fraction of sp³-hybridized carbons (Fsp3) is 0.750. The molecular formula is C12H16O2. The molecule has 2 nitrogen and oxygen atoms in total. The minimum Gasteiger partial charge on any atom is -0.374 e. The number of carbonyl (C=O) groups excluding carboxylic acids is 1. The molecule has 2 heteroatoms. The summed E-state index contributed by atoms with van der Waals surface area (Å²) in [5.74, 6) is 2.26. The SMILES string of the molecule is O=C1CC2COC3C=CCCC3C2C1. The molecular weight excluding hydrogens is 176 g/mol. The predicted octanol–water partition coefficient (Wildman–Crippen LogP) is 1.95. The number of Topliss-reactive ketones (excluding diaryl/α,β-unsaturated/α-hetero) is 1. The van der Waals surface area contributed by atoms with Gasteiger partial charge < -0.3 is 4.74 Å². The maximum Gasteiger partial charge on any atom is 0.133 e. The van der Waals surface area contributed by atoms with Crippen molar-refractivity contribution in [3.63, 3.8) is 0 Å². The van der Waals surface area contributed by atoms with Gasteiger partial charge >= 0.3 is 0 Å². The molecule has 0 spiro atoms. The lowest BCUT2D eigenvalue weighted by atomic mass is 9.74. The second-order valence-electron chi connectivity index (χ2n) is 4.84. The first-order valence-electron chi connectivity index (χ1n) is 5.64. The van der Waals surface area contributed by atoms with E-state index in [1.807, 2.05) is 0 Å². The fourth-order valence-electron chi connectivity index (χ4n) is 3.34. The lowest BCUT2D eigenvalue weighted by molar-refractivity contribution is -0.117. The molecule has 4 unspecified atom stereocenters. The zero-order chi connectivity index (χ0) is 9.54. The van der Waals surface area contributed by atoms with Gasteiger partial charge in [-0.1, -0.05) is 12.2 Å². The summed E-state index contributed by atoms with van der Waals surface area (Å²) >= 11 is 0. The zero-order valence-corrected chi connectivity index (χ0v) is 8.32. The standard InChI is InChI=1S/C12H16O2/c13-9-5-8-7-14-12-4-2-1-3-10(12)11(8)6-9/h2,4,8,10-12H,1,3,5-7H2. The van der Waals surface area contributed by atoms with E-state index in [2.05, 4.69) is 12.2 Å². The smallest absolute Gasteiger partial charge is 0.133 e. The van der Waals surface area contributed by atoms with Crippen LogP contribution in [0, 0.1) is 17.8 Å². The number of ketones is 1. The highest BCUT2D eigenvalue weighted by Gasteiger charge is 2.44. The molecule has 1 saturated carbocycles. The van der Waals surface area contributed by atoms with Crippen LogP contribution in [0.25, 0.3) is 0 Å². The third-order valence-electron chi connectivity index (χ3n) is 4.03. The molecule has 0 aromatic rings. The van der Waals surface area contributed by atoms with Crippen molar-refractivity contribution in [1.82, 2.24) is 0 Å². The molecule has 0 amide bonds. The Bertz CT molecular complexity index is 282. The van der Waals surface area contributed by atoms with E-state index >= 15 is 0 Å². The summed E-state index contributed by atoms with van der Waals surface area (Å²) in [6.07, 6.45) is 8.72. The molecule has 0 aromatic heterocycles. The molecule has 3 rings (SSSR count). The van der Waals surface area contributed by atoms with Crippen LogP contribution < -0.4 is 0 Å². The summed E-state index contributed by atoms with van der Waals surface area (Å²) in [7, 11) is 0. The van der Waals surface area contributed by atoms with E-state index in [4.69, 9.17) is 4.74 Å². The van der Waals surface area contributed by atoms with E-state index in [-0.39, 0.29) is 0 Å². The third-order valence-corrected chi connectivity index (χ3v) is 4.03. The molecule has 4 atom stereocenters. The molecule has 0 N–H and O–H groups in total. The minimum absolute atomic E-state index is 0.316. The third kappa shape index (κ3) is 1.24. The predicted molar refractivity (Wildman–Crippen MR) is 52.8 cm³/mol. The van der Waals surface area contributed by atoms with Gasteiger partial charge in [0, 0.05) is 12.8 Å². The number of hydrogen-bond donors (Lipinski definition) is 0. The zero-order valence-electron chi connectivity index (χ0n) is 8.32. The molecule has 76 valence electrons. The molecule has 1 heterocycles. The van der Waals surface area contributed by atoms with Gasteiger partial charge in [-0.05, 0) is 30.6 Å². The highest BCUT2D eigenvalue weighted by molar-refractivity contribution is 5.81. The van der Waals surface area contributed by atoms with E-state index < -0.39 is 0 Å². The van der Waals surface area contributed by atoms with Crippen molar-refractivity contribution in [3.8, 4) is 0 Å². The summed E-state index contributed by atoms with van der Waals surface area (Å²) in [6.45, 7) is 0.807. The summed E-state index contributed by atoms with van der Waals surface area (Å²) in [4.78, 5) is 11.4. The second-order valence-corrected chi connectivity index (χ2v) is 4.84. The Morgan fingerprint density at radius 3 is 3.14 bits per heavy atom. The molecule has 14 heavy (non-hydrogen) atoms. The summed E-state index contributed by atoms with van der Waals surface area (Å²) in [5, 5.41) is 0. The molecule has 0 bridgehead atoms. The van der Waals surface area contributed by atoms with E-state index in [0.29, 0.717) is 29.6 Å². The van der Waals surface area contributed by atoms with Crippen LogP contribution in [0.5, 0.6) is 0 Å². The van der Waals surface area contributed by atoms with Crippen molar-refractivity contribution in [2.45, 2.75) is 31.8 Å². The van der Waals surface area contributed by atoms with Crippen LogP contribution in [-0.2, 0) is 9.53 Å². The van der Waals surface area contributed by atoms with Crippen LogP contribution in [-0.4, -0.2) is 18.5 Å². The van der Waals surface area contributed by atoms with Crippen LogP contribution in [0.4, 0.5) is 0 Å². The quantitative estimate of drug-likeness (QED) is 0.548. The Hall–Kier alpha value is -0.630. The number of hydrogen-bond acceptors (Lipinski definition) is 2. The first-order chi connectivity index (χ1) is 6.84. The molecule has 0 aromatic carbocycles. The second kappa shape index (κ2) is 3.20. The van der Waals surface area contributed by atoms with Crippen molar-refractivity contribution in [1.29, 1.82) is 0 Å². The fourth-order valence-corrected chi connectivity index (χ4v) is 3.34. The van der Waals surface area contributed by atoms with E-state index in [1.54, 1.807) is 0 Å². The Kier molecular flexibility index (Phi) is 1.98. The molecule has 0 radical (unpaired) electrons. The number of allylic oxidation sites excluding steroid dienone is 1. The van der Waals surface area contributed by atoms with Crippen molar-refractivity contribution in [2.75, 3.05) is 6.61 Å². The molecule has 1 aliphatic heterocycles. The lowest BCUT2D eigenvalue weighted by Crippen LogP contribution is -2.40. The van der Waals surface area contributed by atoms with Gasteiger partial charge in [-0.2, -0.15) is 0 Å². The number of ether oxygens (including phenoxy) is 1. The van der Waals surface area contributed by atoms with Gasteiger partial charge in [0.1, 0.15) is 5.78 Å². The molecule has 1 saturated heterocycles. The Morgan fingerprint density at radius 1 is 1.29 bits per heavy atom. The van der Waals surface area contributed by atoms with E-state index in [9.17, 15) is 4.79 Å². The van der Waals surface area contributed by atoms with Gasteiger partial charge in [0.05, 0.1) is 12.7 Å². The Morgan fingerprint density at radius 2 is 2.21 bits per heavy atom. The summed E-state index contributed by atoms with van der Waals surface area (Å²) in [6, 6.07) is 0. The van der Waals surface area contributed by atoms with Crippen LogP contribution >= 0.6 is 0 Å². The maximum absolute atomic E-state index is 11.4. The normalized spacial score (nSPS) is 46.1. The summed E-state index contributed by atoms with van der Waals surface area (Å²) in [5.41, 5.74) is 0. The van der Waals surface area contributed by atoms with Gasteiger partial charge in [-0.25, -0.2) is 0 Å². The average Bonchev–Trinajstić information content (AvgIpc) is 2.59. The highest BCUT2D eigenvalue weighted by Crippen LogP contribution is 2.44. The molecule has 2 aliphatic carbocycles. The van der Waals surface area contributed by atoms with E-state index in [1.165, 1.54) is 12.8 Å². The number of rotatable bonds is 0. The van der Waals surface area contributed by atoms with Crippen molar-refractivity contribution < 1.29 is 9.53 Å². The Balaban J connectivity index is 1.84. The van der Waals surface area contributed by atoms with Crippen LogP contribution in [0.15, 0.2) is 12.2 Å². The maximum atomic E-state index is 11.4. The van der Waals surface area contributed by atoms with Gasteiger partial charge in [0.25, 0.3) is 0 Å². The highest BCUT2D eigenvalue weighted by atomic mass is 16.5. The lowest BCUT2D eigenvalue weighted by Gasteiger charge is -2.40. The topological polar surface area (TPSA) is 26.3 Å². The number of carbonyl (C=O) groups is 1. The van der Waals surface area contributed by atoms with Crippen molar-refractivity contribution in [3.05, 3.63) is 12.2 Å². The first kappa shape index (κ1) is 8.66. The van der Waals surface area contributed by atoms with Gasteiger partial charge in [-0.3, -0.25) is 4.79 Å².